The molecule has 18 heavy (non-hydrogen) atoms. The Morgan fingerprint density at radius 1 is 1.56 bits per heavy atom. The van der Waals surface area contributed by atoms with Gasteiger partial charge in [0.1, 0.15) is 17.7 Å². The molecule has 6 nitrogen and oxygen atoms in total. The Morgan fingerprint density at radius 3 is 2.94 bits per heavy atom. The van der Waals surface area contributed by atoms with E-state index in [9.17, 15) is 9.90 Å². The van der Waals surface area contributed by atoms with Gasteiger partial charge in [-0.1, -0.05) is 12.8 Å². The summed E-state index contributed by atoms with van der Waals surface area (Å²) in [5.41, 5.74) is -0.417. The molecule has 1 saturated carbocycles. The van der Waals surface area contributed by atoms with Gasteiger partial charge in [0.05, 0.1) is 12.7 Å². The summed E-state index contributed by atoms with van der Waals surface area (Å²) in [7, 11) is 1.31. The summed E-state index contributed by atoms with van der Waals surface area (Å²) in [5.74, 6) is -0.0892. The lowest BCUT2D eigenvalue weighted by Crippen LogP contribution is -2.34. The van der Waals surface area contributed by atoms with Crippen LogP contribution >= 0.6 is 0 Å². The second-order valence-corrected chi connectivity index (χ2v) is 4.56. The molecule has 98 valence electrons. The third-order valence-corrected chi connectivity index (χ3v) is 3.24. The predicted molar refractivity (Wildman–Crippen MR) is 65.3 cm³/mol. The highest BCUT2D eigenvalue weighted by atomic mass is 16.5. The van der Waals surface area contributed by atoms with Crippen molar-refractivity contribution in [2.75, 3.05) is 19.0 Å². The summed E-state index contributed by atoms with van der Waals surface area (Å²) < 4.78 is 4.65. The molecule has 1 aromatic heterocycles. The van der Waals surface area contributed by atoms with Crippen molar-refractivity contribution in [1.82, 2.24) is 9.97 Å². The van der Waals surface area contributed by atoms with Crippen molar-refractivity contribution < 1.29 is 14.6 Å². The van der Waals surface area contributed by atoms with E-state index in [1.165, 1.54) is 19.6 Å². The van der Waals surface area contributed by atoms with Crippen LogP contribution in [-0.2, 0) is 4.74 Å². The lowest BCUT2D eigenvalue weighted by Gasteiger charge is -2.23. The number of ether oxygens (including phenoxy) is 1. The number of hydrogen-bond acceptors (Lipinski definition) is 6. The first kappa shape index (κ1) is 12.8. The summed E-state index contributed by atoms with van der Waals surface area (Å²) in [6.07, 6.45) is 6.38. The lowest BCUT2D eigenvalue weighted by molar-refractivity contribution is 0.0586. The summed E-state index contributed by atoms with van der Waals surface area (Å²) in [6, 6.07) is 0. The van der Waals surface area contributed by atoms with E-state index in [-0.39, 0.29) is 5.56 Å². The Morgan fingerprint density at radius 2 is 2.28 bits per heavy atom. The first-order chi connectivity index (χ1) is 8.64. The number of aromatic nitrogens is 2. The maximum absolute atomic E-state index is 11.5. The topological polar surface area (TPSA) is 84.3 Å². The van der Waals surface area contributed by atoms with Crippen LogP contribution in [0.25, 0.3) is 0 Å². The third-order valence-electron chi connectivity index (χ3n) is 3.24. The number of carbonyl (C=O) groups is 1. The van der Waals surface area contributed by atoms with Crippen molar-refractivity contribution in [2.24, 2.45) is 0 Å². The second kappa shape index (κ2) is 5.30. The van der Waals surface area contributed by atoms with Gasteiger partial charge in [0.25, 0.3) is 0 Å². The van der Waals surface area contributed by atoms with Gasteiger partial charge < -0.3 is 15.2 Å². The zero-order chi connectivity index (χ0) is 13.0. The van der Waals surface area contributed by atoms with E-state index in [2.05, 4.69) is 20.0 Å². The van der Waals surface area contributed by atoms with E-state index in [4.69, 9.17) is 0 Å². The SMILES string of the molecule is COC(=O)c1cncnc1NCC1(O)CCCC1. The molecule has 0 radical (unpaired) electrons. The molecule has 0 amide bonds. The Balaban J connectivity index is 2.07. The first-order valence-corrected chi connectivity index (χ1v) is 5.99. The van der Waals surface area contributed by atoms with Crippen LogP contribution < -0.4 is 5.32 Å². The monoisotopic (exact) mass is 251 g/mol. The molecule has 1 aliphatic rings. The van der Waals surface area contributed by atoms with Crippen molar-refractivity contribution in [3.05, 3.63) is 18.1 Å². The lowest BCUT2D eigenvalue weighted by atomic mass is 10.0. The van der Waals surface area contributed by atoms with Crippen molar-refractivity contribution in [3.8, 4) is 0 Å². The molecule has 1 heterocycles. The van der Waals surface area contributed by atoms with Crippen molar-refractivity contribution in [2.45, 2.75) is 31.3 Å². The highest BCUT2D eigenvalue weighted by Crippen LogP contribution is 2.29. The number of methoxy groups -OCH3 is 1. The standard InChI is InChI=1S/C12H17N3O3/c1-18-11(16)9-6-13-8-15-10(9)14-7-12(17)4-2-3-5-12/h6,8,17H,2-5,7H2,1H3,(H,13,14,15). The molecule has 1 aliphatic carbocycles. The number of nitrogens with one attached hydrogen (secondary N) is 1. The number of aliphatic hydroxyl groups is 1. The summed E-state index contributed by atoms with van der Waals surface area (Å²) in [5, 5.41) is 13.2. The molecule has 0 spiro atoms. The summed E-state index contributed by atoms with van der Waals surface area (Å²) >= 11 is 0. The smallest absolute Gasteiger partial charge is 0.343 e. The van der Waals surface area contributed by atoms with Gasteiger partial charge in [0.2, 0.25) is 0 Å². The fourth-order valence-electron chi connectivity index (χ4n) is 2.19. The molecule has 1 fully saturated rings. The fourth-order valence-corrected chi connectivity index (χ4v) is 2.19. The quantitative estimate of drug-likeness (QED) is 0.776. The molecule has 0 unspecified atom stereocenters. The van der Waals surface area contributed by atoms with Gasteiger partial charge in [-0.05, 0) is 12.8 Å². The third kappa shape index (κ3) is 2.76. The Kier molecular flexibility index (Phi) is 3.76. The maximum atomic E-state index is 11.5. The summed E-state index contributed by atoms with van der Waals surface area (Å²) in [4.78, 5) is 19.3. The normalized spacial score (nSPS) is 17.4. The molecule has 0 aliphatic heterocycles. The maximum Gasteiger partial charge on any atom is 0.343 e. The molecule has 0 atom stereocenters. The number of hydrogen-bond donors (Lipinski definition) is 2. The molecule has 0 aromatic carbocycles. The minimum Gasteiger partial charge on any atom is -0.465 e. The van der Waals surface area contributed by atoms with E-state index in [0.717, 1.165) is 25.7 Å². The van der Waals surface area contributed by atoms with Crippen LogP contribution in [0.1, 0.15) is 36.0 Å². The number of esters is 1. The van der Waals surface area contributed by atoms with E-state index in [1.807, 2.05) is 0 Å². The second-order valence-electron chi connectivity index (χ2n) is 4.56. The fraction of sp³-hybridized carbons (Fsp3) is 0.583. The van der Waals surface area contributed by atoms with Gasteiger partial charge in [-0.3, -0.25) is 0 Å². The van der Waals surface area contributed by atoms with Crippen molar-refractivity contribution in [3.63, 3.8) is 0 Å². The summed E-state index contributed by atoms with van der Waals surface area (Å²) in [6.45, 7) is 0.383. The largest absolute Gasteiger partial charge is 0.465 e. The molecular weight excluding hydrogens is 234 g/mol. The number of nitrogens with zero attached hydrogens (tertiary/aromatic N) is 2. The van der Waals surface area contributed by atoms with Crippen molar-refractivity contribution in [1.29, 1.82) is 0 Å². The van der Waals surface area contributed by atoms with Crippen LogP contribution in [0.4, 0.5) is 5.82 Å². The molecule has 2 N–H and O–H groups in total. The molecule has 0 saturated heterocycles. The van der Waals surface area contributed by atoms with Crippen LogP contribution in [0.3, 0.4) is 0 Å². The molecule has 0 bridgehead atoms. The minimum absolute atomic E-state index is 0.279. The van der Waals surface area contributed by atoms with Crippen LogP contribution in [0.2, 0.25) is 0 Å². The molecule has 6 heteroatoms. The average molecular weight is 251 g/mol. The van der Waals surface area contributed by atoms with E-state index in [1.54, 1.807) is 0 Å². The highest BCUT2D eigenvalue weighted by molar-refractivity contribution is 5.94. The average Bonchev–Trinajstić information content (AvgIpc) is 2.83. The van der Waals surface area contributed by atoms with Crippen LogP contribution in [-0.4, -0.2) is 40.3 Å². The molecule has 2 rings (SSSR count). The minimum atomic E-state index is -0.696. The zero-order valence-electron chi connectivity index (χ0n) is 10.3. The molecule has 1 aromatic rings. The Bertz CT molecular complexity index is 430. The van der Waals surface area contributed by atoms with Gasteiger partial charge in [-0.15, -0.1) is 0 Å². The number of carbonyl (C=O) groups excluding carboxylic acids is 1. The Hall–Kier alpha value is -1.69. The molecular formula is C12H17N3O3. The van der Waals surface area contributed by atoms with Gasteiger partial charge >= 0.3 is 5.97 Å². The van der Waals surface area contributed by atoms with Gasteiger partial charge in [-0.25, -0.2) is 14.8 Å². The number of anilines is 1. The van der Waals surface area contributed by atoms with E-state index < -0.39 is 11.6 Å². The van der Waals surface area contributed by atoms with Gasteiger partial charge in [0.15, 0.2) is 0 Å². The van der Waals surface area contributed by atoms with Crippen LogP contribution in [0.5, 0.6) is 0 Å². The highest BCUT2D eigenvalue weighted by Gasteiger charge is 2.31. The number of rotatable bonds is 4. The predicted octanol–water partition coefficient (Wildman–Crippen LogP) is 0.980. The van der Waals surface area contributed by atoms with E-state index in [0.29, 0.717) is 12.4 Å². The Labute approximate surface area is 105 Å². The van der Waals surface area contributed by atoms with Crippen molar-refractivity contribution >= 4 is 11.8 Å². The van der Waals surface area contributed by atoms with Crippen LogP contribution in [0.15, 0.2) is 12.5 Å². The van der Waals surface area contributed by atoms with Gasteiger partial charge in [0, 0.05) is 12.7 Å². The first-order valence-electron chi connectivity index (χ1n) is 5.99. The van der Waals surface area contributed by atoms with E-state index >= 15 is 0 Å². The van der Waals surface area contributed by atoms with Gasteiger partial charge in [-0.2, -0.15) is 0 Å². The van der Waals surface area contributed by atoms with Crippen LogP contribution in [0, 0.1) is 0 Å². The zero-order valence-corrected chi connectivity index (χ0v) is 10.3.